The lowest BCUT2D eigenvalue weighted by molar-refractivity contribution is -0.120. The number of aryl methyl sites for hydroxylation is 4. The first-order valence-electron chi connectivity index (χ1n) is 11.7. The van der Waals surface area contributed by atoms with Gasteiger partial charge in [-0.1, -0.05) is 36.4 Å². The lowest BCUT2D eigenvalue weighted by atomic mass is 10.1. The molecule has 190 valence electrons. The van der Waals surface area contributed by atoms with Gasteiger partial charge in [-0.05, 0) is 49.9 Å². The number of carbonyl (C=O) groups is 2. The first-order chi connectivity index (χ1) is 17.0. The second-order valence-electron chi connectivity index (χ2n) is 9.15. The summed E-state index contributed by atoms with van der Waals surface area (Å²) in [7, 11) is 2.96. The molecule has 0 saturated carbocycles. The van der Waals surface area contributed by atoms with Gasteiger partial charge in [0.1, 0.15) is 0 Å². The Hall–Kier alpha value is -3.98. The van der Waals surface area contributed by atoms with E-state index in [-0.39, 0.29) is 31.4 Å². The zero-order valence-electron chi connectivity index (χ0n) is 21.6. The third kappa shape index (κ3) is 6.17. The van der Waals surface area contributed by atoms with E-state index >= 15 is 0 Å². The predicted molar refractivity (Wildman–Crippen MR) is 141 cm³/mol. The molecule has 0 fully saturated rings. The summed E-state index contributed by atoms with van der Waals surface area (Å²) >= 11 is 0. The maximum Gasteiger partial charge on any atom is 0.330 e. The topological polar surface area (TPSA) is 105 Å². The highest BCUT2D eigenvalue weighted by Gasteiger charge is 2.19. The second kappa shape index (κ2) is 11.2. The number of hydrogen-bond donors (Lipinski definition) is 2. The quantitative estimate of drug-likeness (QED) is 0.504. The van der Waals surface area contributed by atoms with Crippen LogP contribution in [0.5, 0.6) is 0 Å². The second-order valence-corrected chi connectivity index (χ2v) is 9.15. The maximum absolute atomic E-state index is 13.0. The molecule has 3 aromatic rings. The monoisotopic (exact) mass is 491 g/mol. The first-order valence-corrected chi connectivity index (χ1v) is 11.7. The highest BCUT2D eigenvalue weighted by atomic mass is 16.2. The minimum absolute atomic E-state index is 0.0577. The zero-order chi connectivity index (χ0) is 26.6. The molecule has 0 aliphatic rings. The molecule has 0 saturated heterocycles. The molecule has 0 aliphatic carbocycles. The van der Waals surface area contributed by atoms with E-state index in [0.29, 0.717) is 5.69 Å². The van der Waals surface area contributed by atoms with Crippen LogP contribution in [0.4, 0.5) is 11.4 Å². The number of aromatic nitrogens is 2. The summed E-state index contributed by atoms with van der Waals surface area (Å²) in [6, 6.07) is 12.8. The van der Waals surface area contributed by atoms with Gasteiger partial charge in [0, 0.05) is 43.8 Å². The van der Waals surface area contributed by atoms with Crippen molar-refractivity contribution in [2.75, 3.05) is 23.7 Å². The molecule has 2 aromatic carbocycles. The average Bonchev–Trinajstić information content (AvgIpc) is 2.81. The minimum atomic E-state index is -0.475. The van der Waals surface area contributed by atoms with Gasteiger partial charge in [0.15, 0.2) is 0 Å². The molecule has 0 aliphatic heterocycles. The molecule has 1 heterocycles. The zero-order valence-corrected chi connectivity index (χ0v) is 21.6. The van der Waals surface area contributed by atoms with Crippen molar-refractivity contribution >= 4 is 23.2 Å². The molecule has 2 amide bonds. The molecular weight excluding hydrogens is 458 g/mol. The van der Waals surface area contributed by atoms with E-state index in [1.807, 2.05) is 64.1 Å². The molecule has 0 spiro atoms. The summed E-state index contributed by atoms with van der Waals surface area (Å²) in [5, 5.41) is 5.87. The van der Waals surface area contributed by atoms with Crippen molar-refractivity contribution in [1.82, 2.24) is 14.0 Å². The minimum Gasteiger partial charge on any atom is -0.324 e. The largest absolute Gasteiger partial charge is 0.330 e. The molecule has 0 radical (unpaired) electrons. The smallest absolute Gasteiger partial charge is 0.324 e. The Kier molecular flexibility index (Phi) is 8.26. The summed E-state index contributed by atoms with van der Waals surface area (Å²) in [5.41, 5.74) is 4.64. The van der Waals surface area contributed by atoms with Gasteiger partial charge in [0.05, 0.1) is 13.1 Å². The molecule has 9 heteroatoms. The molecule has 3 rings (SSSR count). The molecule has 1 aromatic heterocycles. The van der Waals surface area contributed by atoms with E-state index in [1.165, 1.54) is 17.7 Å². The number of anilines is 2. The van der Waals surface area contributed by atoms with E-state index in [0.717, 1.165) is 38.2 Å². The van der Waals surface area contributed by atoms with Crippen molar-refractivity contribution in [3.8, 4) is 0 Å². The Balaban J connectivity index is 1.86. The number of nitrogens with zero attached hydrogens (tertiary/aromatic N) is 3. The molecule has 2 N–H and O–H groups in total. The molecule has 0 atom stereocenters. The van der Waals surface area contributed by atoms with E-state index < -0.39 is 11.2 Å². The van der Waals surface area contributed by atoms with E-state index in [9.17, 15) is 19.2 Å². The highest BCUT2D eigenvalue weighted by molar-refractivity contribution is 5.96. The third-order valence-electron chi connectivity index (χ3n) is 6.24. The fourth-order valence-corrected chi connectivity index (χ4v) is 4.11. The molecule has 0 bridgehead atoms. The first kappa shape index (κ1) is 26.6. The van der Waals surface area contributed by atoms with E-state index in [1.54, 1.807) is 11.9 Å². The number of rotatable bonds is 8. The normalized spacial score (nSPS) is 11.0. The number of amides is 2. The van der Waals surface area contributed by atoms with Crippen molar-refractivity contribution in [2.24, 2.45) is 14.1 Å². The van der Waals surface area contributed by atoms with Crippen LogP contribution >= 0.6 is 0 Å². The molecule has 36 heavy (non-hydrogen) atoms. The van der Waals surface area contributed by atoms with Crippen LogP contribution in [0.15, 0.2) is 52.1 Å². The van der Waals surface area contributed by atoms with Crippen molar-refractivity contribution in [3.05, 3.63) is 91.3 Å². The maximum atomic E-state index is 13.0. The Morgan fingerprint density at radius 1 is 0.750 bits per heavy atom. The number of para-hydroxylation sites is 2. The standard InChI is InChI=1S/C27H33N5O4/c1-17-9-7-10-18(2)25(17)28-22(33)15-32(14-21-13-24(35)31(6)27(36)30(21)5)16-23(34)29-26-19(3)11-8-12-20(26)4/h7-13H,14-16H2,1-6H3,(H,28,33)(H,29,34). The van der Waals surface area contributed by atoms with Crippen LogP contribution in [0, 0.1) is 27.7 Å². The van der Waals surface area contributed by atoms with E-state index in [2.05, 4.69) is 10.6 Å². The van der Waals surface area contributed by atoms with Gasteiger partial charge in [-0.15, -0.1) is 0 Å². The van der Waals surface area contributed by atoms with E-state index in [4.69, 9.17) is 0 Å². The number of hydrogen-bond acceptors (Lipinski definition) is 5. The van der Waals surface area contributed by atoms with Crippen LogP contribution in [-0.2, 0) is 30.2 Å². The van der Waals surface area contributed by atoms with Gasteiger partial charge >= 0.3 is 5.69 Å². The van der Waals surface area contributed by atoms with Crippen LogP contribution in [0.1, 0.15) is 27.9 Å². The molecular formula is C27H33N5O4. The summed E-state index contributed by atoms with van der Waals surface area (Å²) in [6.07, 6.45) is 0. The SMILES string of the molecule is Cc1cccc(C)c1NC(=O)CN(CC(=O)Nc1c(C)cccc1C)Cc1cc(=O)n(C)c(=O)n1C. The van der Waals surface area contributed by atoms with Gasteiger partial charge in [-0.25, -0.2) is 4.79 Å². The van der Waals surface area contributed by atoms with Crippen LogP contribution in [-0.4, -0.2) is 38.9 Å². The highest BCUT2D eigenvalue weighted by Crippen LogP contribution is 2.20. The third-order valence-corrected chi connectivity index (χ3v) is 6.24. The number of carbonyl (C=O) groups excluding carboxylic acids is 2. The predicted octanol–water partition coefficient (Wildman–Crippen LogP) is 2.40. The van der Waals surface area contributed by atoms with Crippen molar-refractivity contribution in [1.29, 1.82) is 0 Å². The average molecular weight is 492 g/mol. The summed E-state index contributed by atoms with van der Waals surface area (Å²) in [5.74, 6) is -0.609. The van der Waals surface area contributed by atoms with Crippen LogP contribution < -0.4 is 21.9 Å². The summed E-state index contributed by atoms with van der Waals surface area (Å²) in [4.78, 5) is 52.3. The van der Waals surface area contributed by atoms with Gasteiger partial charge in [0.2, 0.25) is 11.8 Å². The van der Waals surface area contributed by atoms with Crippen LogP contribution in [0.25, 0.3) is 0 Å². The Bertz CT molecular complexity index is 1310. The lowest BCUT2D eigenvalue weighted by Gasteiger charge is -2.23. The van der Waals surface area contributed by atoms with Crippen LogP contribution in [0.3, 0.4) is 0 Å². The Morgan fingerprint density at radius 3 is 1.58 bits per heavy atom. The Labute approximate surface area is 210 Å². The number of nitrogens with one attached hydrogen (secondary N) is 2. The lowest BCUT2D eigenvalue weighted by Crippen LogP contribution is -2.42. The Morgan fingerprint density at radius 2 is 1.17 bits per heavy atom. The van der Waals surface area contributed by atoms with Gasteiger partial charge in [-0.3, -0.25) is 28.4 Å². The van der Waals surface area contributed by atoms with Gasteiger partial charge in [0.25, 0.3) is 5.56 Å². The number of benzene rings is 2. The molecule has 0 unspecified atom stereocenters. The van der Waals surface area contributed by atoms with Gasteiger partial charge in [-0.2, -0.15) is 0 Å². The van der Waals surface area contributed by atoms with Gasteiger partial charge < -0.3 is 10.6 Å². The molecule has 9 nitrogen and oxygen atoms in total. The summed E-state index contributed by atoms with van der Waals surface area (Å²) in [6.45, 7) is 7.47. The summed E-state index contributed by atoms with van der Waals surface area (Å²) < 4.78 is 2.36. The van der Waals surface area contributed by atoms with Crippen LogP contribution in [0.2, 0.25) is 0 Å². The van der Waals surface area contributed by atoms with Crippen molar-refractivity contribution in [3.63, 3.8) is 0 Å². The fourth-order valence-electron chi connectivity index (χ4n) is 4.11. The fraction of sp³-hybridized carbons (Fsp3) is 0.333. The van der Waals surface area contributed by atoms with Crippen molar-refractivity contribution < 1.29 is 9.59 Å². The van der Waals surface area contributed by atoms with Crippen molar-refractivity contribution in [2.45, 2.75) is 34.2 Å².